The third-order valence-corrected chi connectivity index (χ3v) is 2.39. The minimum absolute atomic E-state index is 0.105. The Labute approximate surface area is 90.3 Å². The molecule has 6 heteroatoms. The van der Waals surface area contributed by atoms with Crippen LogP contribution in [0, 0.1) is 17.5 Å². The molecule has 2 rings (SSSR count). The average Bonchev–Trinajstić information content (AvgIpc) is 2.51. The molecule has 0 aliphatic carbocycles. The topological polar surface area (TPSA) is 41.6 Å². The molecule has 0 amide bonds. The summed E-state index contributed by atoms with van der Waals surface area (Å²) in [6, 6.07) is 1.12. The number of nitrogens with two attached hydrogens (primary N) is 1. The second-order valence-corrected chi connectivity index (χ2v) is 3.71. The van der Waals surface area contributed by atoms with Crippen LogP contribution in [0.25, 0.3) is 0 Å². The molecule has 86 valence electrons. The van der Waals surface area contributed by atoms with Crippen LogP contribution in [0.5, 0.6) is 0 Å². The SMILES string of the molecule is CC1CC(N)=NN1c1cc(F)c(F)cc1F. The largest absolute Gasteiger partial charge is 0.386 e. The maximum atomic E-state index is 13.4. The molecule has 0 bridgehead atoms. The second kappa shape index (κ2) is 3.70. The monoisotopic (exact) mass is 229 g/mol. The van der Waals surface area contributed by atoms with Crippen LogP contribution in [0.15, 0.2) is 17.2 Å². The Morgan fingerprint density at radius 2 is 1.88 bits per heavy atom. The number of amidine groups is 1. The summed E-state index contributed by atoms with van der Waals surface area (Å²) in [5, 5.41) is 5.13. The Morgan fingerprint density at radius 1 is 1.25 bits per heavy atom. The van der Waals surface area contributed by atoms with Gasteiger partial charge in [0.2, 0.25) is 0 Å². The first kappa shape index (κ1) is 10.8. The van der Waals surface area contributed by atoms with E-state index in [0.29, 0.717) is 18.3 Å². The van der Waals surface area contributed by atoms with E-state index < -0.39 is 17.5 Å². The molecule has 1 atom stereocenters. The summed E-state index contributed by atoms with van der Waals surface area (Å²) < 4.78 is 39.1. The van der Waals surface area contributed by atoms with Crippen LogP contribution in [0.2, 0.25) is 0 Å². The predicted octanol–water partition coefficient (Wildman–Crippen LogP) is 1.97. The third kappa shape index (κ3) is 1.70. The molecule has 1 aliphatic rings. The maximum absolute atomic E-state index is 13.4. The summed E-state index contributed by atoms with van der Waals surface area (Å²) in [5.41, 5.74) is 5.38. The number of benzene rings is 1. The highest BCUT2D eigenvalue weighted by atomic mass is 19.2. The fraction of sp³-hybridized carbons (Fsp3) is 0.300. The molecule has 0 spiro atoms. The second-order valence-electron chi connectivity index (χ2n) is 3.71. The van der Waals surface area contributed by atoms with E-state index in [-0.39, 0.29) is 11.7 Å². The lowest BCUT2D eigenvalue weighted by Crippen LogP contribution is -2.24. The summed E-state index contributed by atoms with van der Waals surface area (Å²) >= 11 is 0. The van der Waals surface area contributed by atoms with Gasteiger partial charge in [-0.1, -0.05) is 0 Å². The number of rotatable bonds is 1. The van der Waals surface area contributed by atoms with Gasteiger partial charge in [-0.15, -0.1) is 0 Å². The van der Waals surface area contributed by atoms with Crippen molar-refractivity contribution in [1.82, 2.24) is 0 Å². The lowest BCUT2D eigenvalue weighted by atomic mass is 10.2. The zero-order chi connectivity index (χ0) is 11.9. The molecule has 0 radical (unpaired) electrons. The Hall–Kier alpha value is -1.72. The number of anilines is 1. The Bertz CT molecular complexity index is 459. The fourth-order valence-electron chi connectivity index (χ4n) is 1.65. The predicted molar refractivity (Wildman–Crippen MR) is 54.5 cm³/mol. The van der Waals surface area contributed by atoms with Crippen molar-refractivity contribution in [3.63, 3.8) is 0 Å². The molecule has 16 heavy (non-hydrogen) atoms. The molecule has 0 fully saturated rings. The molecule has 1 unspecified atom stereocenters. The first-order chi connectivity index (χ1) is 7.49. The van der Waals surface area contributed by atoms with Crippen LogP contribution < -0.4 is 10.7 Å². The molecule has 1 aromatic carbocycles. The Balaban J connectivity index is 2.45. The van der Waals surface area contributed by atoms with Gasteiger partial charge >= 0.3 is 0 Å². The Kier molecular flexibility index (Phi) is 2.49. The molecule has 0 aromatic heterocycles. The molecule has 0 saturated heterocycles. The van der Waals surface area contributed by atoms with Crippen LogP contribution in [-0.4, -0.2) is 11.9 Å². The van der Waals surface area contributed by atoms with Gasteiger partial charge in [0.25, 0.3) is 0 Å². The van der Waals surface area contributed by atoms with Crippen molar-refractivity contribution in [3.05, 3.63) is 29.6 Å². The zero-order valence-corrected chi connectivity index (χ0v) is 8.54. The molecule has 1 heterocycles. The van der Waals surface area contributed by atoms with E-state index >= 15 is 0 Å². The maximum Gasteiger partial charge on any atom is 0.161 e. The van der Waals surface area contributed by atoms with Gasteiger partial charge in [0.1, 0.15) is 5.84 Å². The average molecular weight is 229 g/mol. The molecule has 1 aromatic rings. The summed E-state index contributed by atoms with van der Waals surface area (Å²) in [6.45, 7) is 1.77. The minimum Gasteiger partial charge on any atom is -0.386 e. The van der Waals surface area contributed by atoms with Gasteiger partial charge in [0, 0.05) is 18.6 Å². The van der Waals surface area contributed by atoms with Gasteiger partial charge in [0.15, 0.2) is 17.5 Å². The number of nitrogens with zero attached hydrogens (tertiary/aromatic N) is 2. The van der Waals surface area contributed by atoms with Crippen molar-refractivity contribution in [2.24, 2.45) is 10.8 Å². The van der Waals surface area contributed by atoms with E-state index in [1.54, 1.807) is 6.92 Å². The van der Waals surface area contributed by atoms with Crippen LogP contribution >= 0.6 is 0 Å². The lowest BCUT2D eigenvalue weighted by molar-refractivity contribution is 0.493. The smallest absolute Gasteiger partial charge is 0.161 e. The summed E-state index contributed by atoms with van der Waals surface area (Å²) in [4.78, 5) is 0. The van der Waals surface area contributed by atoms with Crippen molar-refractivity contribution < 1.29 is 13.2 Å². The van der Waals surface area contributed by atoms with Crippen molar-refractivity contribution in [2.45, 2.75) is 19.4 Å². The Morgan fingerprint density at radius 3 is 2.44 bits per heavy atom. The fourth-order valence-corrected chi connectivity index (χ4v) is 1.65. The molecular weight excluding hydrogens is 219 g/mol. The highest BCUT2D eigenvalue weighted by Gasteiger charge is 2.25. The van der Waals surface area contributed by atoms with Gasteiger partial charge < -0.3 is 5.73 Å². The van der Waals surface area contributed by atoms with E-state index in [0.717, 1.165) is 6.07 Å². The molecular formula is C10H10F3N3. The first-order valence-electron chi connectivity index (χ1n) is 4.75. The van der Waals surface area contributed by atoms with Gasteiger partial charge in [0.05, 0.1) is 11.7 Å². The van der Waals surface area contributed by atoms with Gasteiger partial charge in [-0.05, 0) is 6.92 Å². The lowest BCUT2D eigenvalue weighted by Gasteiger charge is -2.20. The minimum atomic E-state index is -1.22. The van der Waals surface area contributed by atoms with Crippen molar-refractivity contribution in [3.8, 4) is 0 Å². The van der Waals surface area contributed by atoms with E-state index in [1.807, 2.05) is 0 Å². The normalized spacial score (nSPS) is 20.1. The first-order valence-corrected chi connectivity index (χ1v) is 4.75. The third-order valence-electron chi connectivity index (χ3n) is 2.39. The van der Waals surface area contributed by atoms with Crippen LogP contribution in [0.4, 0.5) is 18.9 Å². The van der Waals surface area contributed by atoms with E-state index in [2.05, 4.69) is 5.10 Å². The molecule has 0 saturated carbocycles. The summed E-state index contributed by atoms with van der Waals surface area (Å²) in [7, 11) is 0. The van der Waals surface area contributed by atoms with Crippen LogP contribution in [0.3, 0.4) is 0 Å². The van der Waals surface area contributed by atoms with Gasteiger partial charge in [-0.2, -0.15) is 5.10 Å². The quantitative estimate of drug-likeness (QED) is 0.748. The van der Waals surface area contributed by atoms with Crippen molar-refractivity contribution in [2.75, 3.05) is 5.01 Å². The summed E-state index contributed by atoms with van der Waals surface area (Å²) in [6.07, 6.45) is 0.471. The number of hydrazone groups is 1. The van der Waals surface area contributed by atoms with Crippen LogP contribution in [0.1, 0.15) is 13.3 Å². The molecule has 1 aliphatic heterocycles. The van der Waals surface area contributed by atoms with Crippen molar-refractivity contribution >= 4 is 11.5 Å². The van der Waals surface area contributed by atoms with E-state index in [9.17, 15) is 13.2 Å². The molecule has 3 nitrogen and oxygen atoms in total. The van der Waals surface area contributed by atoms with E-state index in [1.165, 1.54) is 5.01 Å². The van der Waals surface area contributed by atoms with Crippen molar-refractivity contribution in [1.29, 1.82) is 0 Å². The van der Waals surface area contributed by atoms with E-state index in [4.69, 9.17) is 5.73 Å². The number of hydrogen-bond acceptors (Lipinski definition) is 3. The standard InChI is InChI=1S/C10H10F3N3/c1-5-2-10(14)15-16(5)9-4-7(12)6(11)3-8(9)13/h3-5H,2H2,1H3,(H2,14,15). The highest BCUT2D eigenvalue weighted by Crippen LogP contribution is 2.28. The zero-order valence-electron chi connectivity index (χ0n) is 8.54. The molecule has 2 N–H and O–H groups in total. The number of halogens is 3. The number of hydrogen-bond donors (Lipinski definition) is 1. The van der Waals surface area contributed by atoms with Crippen LogP contribution in [-0.2, 0) is 0 Å². The summed E-state index contributed by atoms with van der Waals surface area (Å²) in [5.74, 6) is -2.84. The van der Waals surface area contributed by atoms with Gasteiger partial charge in [-0.3, -0.25) is 5.01 Å². The van der Waals surface area contributed by atoms with Gasteiger partial charge in [-0.25, -0.2) is 13.2 Å². The highest BCUT2D eigenvalue weighted by molar-refractivity contribution is 5.84.